The predicted octanol–water partition coefficient (Wildman–Crippen LogP) is 3.16. The topological polar surface area (TPSA) is 65.2 Å². The number of aromatic amines is 1. The van der Waals surface area contributed by atoms with E-state index in [1.165, 1.54) is 13.0 Å². The van der Waals surface area contributed by atoms with Gasteiger partial charge >= 0.3 is 0 Å². The van der Waals surface area contributed by atoms with Gasteiger partial charge in [-0.15, -0.1) is 0 Å². The molecular weight excluding hydrogens is 352 g/mol. The zero-order chi connectivity index (χ0) is 19.4. The van der Waals surface area contributed by atoms with Crippen LogP contribution in [0.1, 0.15) is 12.5 Å². The number of H-pyrrole nitrogens is 1. The Morgan fingerprint density at radius 2 is 1.78 bits per heavy atom. The molecule has 0 bridgehead atoms. The first-order valence-corrected chi connectivity index (χ1v) is 8.51. The van der Waals surface area contributed by atoms with E-state index in [0.29, 0.717) is 0 Å². The molecule has 2 amide bonds. The number of hydrogen-bond acceptors (Lipinski definition) is 2. The predicted molar refractivity (Wildman–Crippen MR) is 99.4 cm³/mol. The SMILES string of the molecule is CC(=O)N(CCNC(=O)Cc1c[nH]c2ccccc12)c1c(F)cccc1F. The number of para-hydroxylation sites is 2. The zero-order valence-electron chi connectivity index (χ0n) is 14.8. The van der Waals surface area contributed by atoms with Crippen LogP contribution >= 0.6 is 0 Å². The number of fused-ring (bicyclic) bond motifs is 1. The van der Waals surface area contributed by atoms with Crippen LogP contribution in [-0.4, -0.2) is 29.9 Å². The number of amides is 2. The molecule has 3 rings (SSSR count). The summed E-state index contributed by atoms with van der Waals surface area (Å²) in [5.74, 6) is -2.40. The molecule has 1 heterocycles. The van der Waals surface area contributed by atoms with E-state index in [2.05, 4.69) is 10.3 Å². The second kappa shape index (κ2) is 7.99. The fourth-order valence-electron chi connectivity index (χ4n) is 2.99. The first-order valence-electron chi connectivity index (χ1n) is 8.51. The minimum atomic E-state index is -0.824. The van der Waals surface area contributed by atoms with Crippen LogP contribution in [0.4, 0.5) is 14.5 Å². The van der Waals surface area contributed by atoms with Crippen LogP contribution < -0.4 is 10.2 Å². The van der Waals surface area contributed by atoms with Crippen LogP contribution in [0.5, 0.6) is 0 Å². The Morgan fingerprint density at radius 1 is 1.07 bits per heavy atom. The largest absolute Gasteiger partial charge is 0.361 e. The zero-order valence-corrected chi connectivity index (χ0v) is 14.8. The van der Waals surface area contributed by atoms with E-state index < -0.39 is 23.2 Å². The number of carbonyl (C=O) groups excluding carboxylic acids is 2. The Kier molecular flexibility index (Phi) is 5.49. The molecule has 2 aromatic carbocycles. The van der Waals surface area contributed by atoms with Crippen LogP contribution in [0.3, 0.4) is 0 Å². The summed E-state index contributed by atoms with van der Waals surface area (Å²) >= 11 is 0. The van der Waals surface area contributed by atoms with Crippen LogP contribution in [-0.2, 0) is 16.0 Å². The summed E-state index contributed by atoms with van der Waals surface area (Å²) in [7, 11) is 0. The highest BCUT2D eigenvalue weighted by atomic mass is 19.1. The number of benzene rings is 2. The van der Waals surface area contributed by atoms with E-state index in [1.807, 2.05) is 24.3 Å². The van der Waals surface area contributed by atoms with Gasteiger partial charge in [-0.2, -0.15) is 0 Å². The maximum absolute atomic E-state index is 13.9. The third kappa shape index (κ3) is 4.13. The second-order valence-electron chi connectivity index (χ2n) is 6.13. The summed E-state index contributed by atoms with van der Waals surface area (Å²) in [6.07, 6.45) is 1.94. The van der Waals surface area contributed by atoms with Crippen molar-refractivity contribution in [2.45, 2.75) is 13.3 Å². The van der Waals surface area contributed by atoms with Crippen molar-refractivity contribution in [3.05, 3.63) is 65.9 Å². The van der Waals surface area contributed by atoms with Crippen LogP contribution in [0.2, 0.25) is 0 Å². The molecule has 2 N–H and O–H groups in total. The quantitative estimate of drug-likeness (QED) is 0.699. The first-order chi connectivity index (χ1) is 13.0. The molecule has 0 aliphatic heterocycles. The van der Waals surface area contributed by atoms with Crippen LogP contribution in [0.25, 0.3) is 10.9 Å². The van der Waals surface area contributed by atoms with E-state index >= 15 is 0 Å². The lowest BCUT2D eigenvalue weighted by molar-refractivity contribution is -0.121. The van der Waals surface area contributed by atoms with Gasteiger partial charge in [0.2, 0.25) is 11.8 Å². The Labute approximate surface area is 155 Å². The highest BCUT2D eigenvalue weighted by Crippen LogP contribution is 2.23. The van der Waals surface area contributed by atoms with Gasteiger partial charge in [-0.1, -0.05) is 24.3 Å². The molecule has 0 atom stereocenters. The molecule has 0 unspecified atom stereocenters. The number of halogens is 2. The van der Waals surface area contributed by atoms with Gasteiger partial charge in [0.05, 0.1) is 6.42 Å². The monoisotopic (exact) mass is 371 g/mol. The minimum absolute atomic E-state index is 0.0349. The molecule has 7 heteroatoms. The van der Waals surface area contributed by atoms with Crippen LogP contribution in [0, 0.1) is 11.6 Å². The number of anilines is 1. The van der Waals surface area contributed by atoms with Gasteiger partial charge < -0.3 is 15.2 Å². The van der Waals surface area contributed by atoms with Crippen molar-refractivity contribution in [3.8, 4) is 0 Å². The Hall–Kier alpha value is -3.22. The molecule has 27 heavy (non-hydrogen) atoms. The normalized spacial score (nSPS) is 10.8. The van der Waals surface area contributed by atoms with Gasteiger partial charge in [0, 0.05) is 37.1 Å². The summed E-state index contributed by atoms with van der Waals surface area (Å²) < 4.78 is 27.8. The number of carbonyl (C=O) groups is 2. The molecule has 1 aromatic heterocycles. The lowest BCUT2D eigenvalue weighted by atomic mass is 10.1. The van der Waals surface area contributed by atoms with Crippen LogP contribution in [0.15, 0.2) is 48.7 Å². The summed E-state index contributed by atoms with van der Waals surface area (Å²) in [6, 6.07) is 11.0. The summed E-state index contributed by atoms with van der Waals surface area (Å²) in [4.78, 5) is 28.1. The van der Waals surface area contributed by atoms with Gasteiger partial charge in [0.1, 0.15) is 17.3 Å². The Bertz CT molecular complexity index is 964. The third-order valence-electron chi connectivity index (χ3n) is 4.27. The van der Waals surface area contributed by atoms with Gasteiger partial charge in [0.15, 0.2) is 0 Å². The average molecular weight is 371 g/mol. The molecule has 3 aromatic rings. The second-order valence-corrected chi connectivity index (χ2v) is 6.13. The van der Waals surface area contributed by atoms with Gasteiger partial charge in [-0.05, 0) is 23.8 Å². The molecule has 0 saturated carbocycles. The number of aromatic nitrogens is 1. The summed E-state index contributed by atoms with van der Waals surface area (Å²) in [5.41, 5.74) is 1.39. The lowest BCUT2D eigenvalue weighted by Crippen LogP contribution is -2.38. The standard InChI is InChI=1S/C20H19F2N3O2/c1-13(26)25(20-16(21)6-4-7-17(20)22)10-9-23-19(27)11-14-12-24-18-8-3-2-5-15(14)18/h2-8,12,24H,9-11H2,1H3,(H,23,27). The number of nitrogens with one attached hydrogen (secondary N) is 2. The van der Waals surface area contributed by atoms with Gasteiger partial charge in [-0.25, -0.2) is 8.78 Å². The number of nitrogens with zero attached hydrogens (tertiary/aromatic N) is 1. The summed E-state index contributed by atoms with van der Waals surface area (Å²) in [6.45, 7) is 1.26. The number of hydrogen-bond donors (Lipinski definition) is 2. The molecule has 5 nitrogen and oxygen atoms in total. The van der Waals surface area contributed by atoms with E-state index in [-0.39, 0.29) is 25.4 Å². The fraction of sp³-hybridized carbons (Fsp3) is 0.200. The average Bonchev–Trinajstić information content (AvgIpc) is 3.03. The van der Waals surface area contributed by atoms with Crippen molar-refractivity contribution in [2.24, 2.45) is 0 Å². The van der Waals surface area contributed by atoms with Crippen molar-refractivity contribution >= 4 is 28.4 Å². The molecular formula is C20H19F2N3O2. The fourth-order valence-corrected chi connectivity index (χ4v) is 2.99. The highest BCUT2D eigenvalue weighted by Gasteiger charge is 2.20. The summed E-state index contributed by atoms with van der Waals surface area (Å²) in [5, 5.41) is 3.65. The molecule has 140 valence electrons. The van der Waals surface area contributed by atoms with Crippen molar-refractivity contribution < 1.29 is 18.4 Å². The molecule has 0 radical (unpaired) electrons. The third-order valence-corrected chi connectivity index (χ3v) is 4.27. The van der Waals surface area contributed by atoms with E-state index in [0.717, 1.165) is 33.5 Å². The highest BCUT2D eigenvalue weighted by molar-refractivity contribution is 5.92. The van der Waals surface area contributed by atoms with E-state index in [1.54, 1.807) is 6.20 Å². The smallest absolute Gasteiger partial charge is 0.224 e. The molecule has 0 fully saturated rings. The minimum Gasteiger partial charge on any atom is -0.361 e. The van der Waals surface area contributed by atoms with Crippen molar-refractivity contribution in [1.82, 2.24) is 10.3 Å². The lowest BCUT2D eigenvalue weighted by Gasteiger charge is -2.22. The molecule has 0 aliphatic carbocycles. The van der Waals surface area contributed by atoms with Crippen molar-refractivity contribution in [3.63, 3.8) is 0 Å². The molecule has 0 aliphatic rings. The van der Waals surface area contributed by atoms with E-state index in [4.69, 9.17) is 0 Å². The first kappa shape index (κ1) is 18.6. The molecule has 0 saturated heterocycles. The van der Waals surface area contributed by atoms with Crippen molar-refractivity contribution in [2.75, 3.05) is 18.0 Å². The van der Waals surface area contributed by atoms with Crippen molar-refractivity contribution in [1.29, 1.82) is 0 Å². The molecule has 0 spiro atoms. The van der Waals surface area contributed by atoms with Gasteiger partial charge in [-0.3, -0.25) is 9.59 Å². The maximum atomic E-state index is 13.9. The van der Waals surface area contributed by atoms with Gasteiger partial charge in [0.25, 0.3) is 0 Å². The number of rotatable bonds is 6. The Balaban J connectivity index is 1.62. The maximum Gasteiger partial charge on any atom is 0.224 e. The van der Waals surface area contributed by atoms with E-state index in [9.17, 15) is 18.4 Å². The Morgan fingerprint density at radius 3 is 2.48 bits per heavy atom.